The monoisotopic (exact) mass is 464 g/mol. The van der Waals surface area contributed by atoms with Crippen LogP contribution < -0.4 is 4.90 Å². The molecular weight excluding hydrogens is 432 g/mol. The van der Waals surface area contributed by atoms with Crippen LogP contribution in [0, 0.1) is 0 Å². The first-order valence-corrected chi connectivity index (χ1v) is 13.5. The zero-order valence-electron chi connectivity index (χ0n) is 19.4. The van der Waals surface area contributed by atoms with Crippen molar-refractivity contribution in [2.75, 3.05) is 29.5 Å². The van der Waals surface area contributed by atoms with Crippen LogP contribution in [0.4, 0.5) is 5.69 Å². The van der Waals surface area contributed by atoms with Gasteiger partial charge in [0.1, 0.15) is 0 Å². The Labute approximate surface area is 196 Å². The van der Waals surface area contributed by atoms with Gasteiger partial charge in [0.15, 0.2) is 9.84 Å². The van der Waals surface area contributed by atoms with Gasteiger partial charge in [-0.15, -0.1) is 0 Å². The van der Waals surface area contributed by atoms with Crippen LogP contribution >= 0.6 is 0 Å². The Hall–Kier alpha value is -2.86. The molecule has 1 saturated heterocycles. The van der Waals surface area contributed by atoms with Crippen LogP contribution in [0.1, 0.15) is 31.4 Å². The van der Waals surface area contributed by atoms with Gasteiger partial charge in [-0.05, 0) is 54.3 Å². The van der Waals surface area contributed by atoms with Crippen LogP contribution in [0.15, 0.2) is 66.7 Å². The van der Waals surface area contributed by atoms with E-state index in [-0.39, 0.29) is 29.9 Å². The van der Waals surface area contributed by atoms with Crippen molar-refractivity contribution in [3.05, 3.63) is 77.9 Å². The number of carbonyl (C=O) groups is 1. The van der Waals surface area contributed by atoms with Crippen molar-refractivity contribution in [1.82, 2.24) is 4.90 Å². The minimum absolute atomic E-state index is 0.0266. The number of fused-ring (bicyclic) bond motifs is 1. The molecule has 0 radical (unpaired) electrons. The smallest absolute Gasteiger partial charge is 0.227 e. The van der Waals surface area contributed by atoms with Gasteiger partial charge in [0, 0.05) is 31.4 Å². The van der Waals surface area contributed by atoms with E-state index < -0.39 is 9.84 Å². The van der Waals surface area contributed by atoms with E-state index in [0.29, 0.717) is 13.0 Å². The summed E-state index contributed by atoms with van der Waals surface area (Å²) in [6.07, 6.45) is 0.760. The van der Waals surface area contributed by atoms with Crippen molar-refractivity contribution in [3.63, 3.8) is 0 Å². The predicted octanol–water partition coefficient (Wildman–Crippen LogP) is 4.44. The van der Waals surface area contributed by atoms with Gasteiger partial charge >= 0.3 is 0 Å². The number of carbonyl (C=O) groups excluding carboxylic acids is 1. The molecule has 1 aliphatic heterocycles. The molecular formula is C27H32N2O3S. The molecule has 1 aliphatic rings. The molecule has 1 heterocycles. The molecule has 5 nitrogen and oxygen atoms in total. The highest BCUT2D eigenvalue weighted by Gasteiger charge is 2.34. The lowest BCUT2D eigenvalue weighted by Gasteiger charge is -2.29. The van der Waals surface area contributed by atoms with Gasteiger partial charge in [0.25, 0.3) is 0 Å². The van der Waals surface area contributed by atoms with E-state index in [4.69, 9.17) is 0 Å². The number of nitrogens with zero attached hydrogens (tertiary/aromatic N) is 2. The molecule has 0 spiro atoms. The van der Waals surface area contributed by atoms with E-state index in [1.165, 1.54) is 0 Å². The van der Waals surface area contributed by atoms with Crippen molar-refractivity contribution < 1.29 is 13.2 Å². The Bertz CT molecular complexity index is 1210. The van der Waals surface area contributed by atoms with Gasteiger partial charge in [-0.2, -0.15) is 0 Å². The fraction of sp³-hybridized carbons (Fsp3) is 0.370. The number of benzene rings is 3. The van der Waals surface area contributed by atoms with Crippen LogP contribution in [0.25, 0.3) is 10.8 Å². The number of rotatable bonds is 8. The lowest BCUT2D eigenvalue weighted by atomic mass is 10.0. The normalized spacial score (nSPS) is 17.2. The number of anilines is 1. The summed E-state index contributed by atoms with van der Waals surface area (Å²) in [5.41, 5.74) is 3.14. The Morgan fingerprint density at radius 2 is 1.64 bits per heavy atom. The summed E-state index contributed by atoms with van der Waals surface area (Å²) in [5.74, 6) is 0.170. The van der Waals surface area contributed by atoms with Gasteiger partial charge in [0.2, 0.25) is 5.91 Å². The summed E-state index contributed by atoms with van der Waals surface area (Å²) in [4.78, 5) is 17.6. The largest absolute Gasteiger partial charge is 0.372 e. The Kier molecular flexibility index (Phi) is 7.03. The van der Waals surface area contributed by atoms with E-state index in [1.807, 2.05) is 42.5 Å². The summed E-state index contributed by atoms with van der Waals surface area (Å²) in [5, 5.41) is 2.17. The second-order valence-electron chi connectivity index (χ2n) is 8.73. The number of sulfone groups is 1. The highest BCUT2D eigenvalue weighted by molar-refractivity contribution is 7.91. The second-order valence-corrected chi connectivity index (χ2v) is 11.0. The number of amides is 1. The van der Waals surface area contributed by atoms with Crippen molar-refractivity contribution >= 4 is 32.2 Å². The number of hydrogen-bond acceptors (Lipinski definition) is 4. The topological polar surface area (TPSA) is 57.7 Å². The van der Waals surface area contributed by atoms with E-state index in [2.05, 4.69) is 43.0 Å². The van der Waals surface area contributed by atoms with Gasteiger partial charge < -0.3 is 9.80 Å². The fourth-order valence-electron chi connectivity index (χ4n) is 4.75. The summed E-state index contributed by atoms with van der Waals surface area (Å²) in [7, 11) is -3.10. The van der Waals surface area contributed by atoms with E-state index >= 15 is 0 Å². The molecule has 0 saturated carbocycles. The summed E-state index contributed by atoms with van der Waals surface area (Å²) < 4.78 is 24.4. The van der Waals surface area contributed by atoms with Crippen molar-refractivity contribution in [3.8, 4) is 0 Å². The van der Waals surface area contributed by atoms with E-state index in [1.54, 1.807) is 4.90 Å². The summed E-state index contributed by atoms with van der Waals surface area (Å²) in [6, 6.07) is 22.1. The van der Waals surface area contributed by atoms with Crippen LogP contribution in [-0.2, 0) is 27.6 Å². The molecule has 0 aliphatic carbocycles. The van der Waals surface area contributed by atoms with Crippen molar-refractivity contribution in [2.24, 2.45) is 0 Å². The lowest BCUT2D eigenvalue weighted by Crippen LogP contribution is -2.41. The molecule has 33 heavy (non-hydrogen) atoms. The third kappa shape index (κ3) is 5.38. The third-order valence-corrected chi connectivity index (χ3v) is 8.36. The van der Waals surface area contributed by atoms with E-state index in [9.17, 15) is 13.2 Å². The zero-order chi connectivity index (χ0) is 23.4. The van der Waals surface area contributed by atoms with Crippen molar-refractivity contribution in [2.45, 2.75) is 39.3 Å². The van der Waals surface area contributed by atoms with Crippen LogP contribution in [0.3, 0.4) is 0 Å². The first-order valence-electron chi connectivity index (χ1n) is 11.7. The molecule has 3 aromatic rings. The maximum atomic E-state index is 13.5. The van der Waals surface area contributed by atoms with E-state index in [0.717, 1.165) is 40.7 Å². The quantitative estimate of drug-likeness (QED) is 0.494. The van der Waals surface area contributed by atoms with Crippen LogP contribution in [-0.4, -0.2) is 49.9 Å². The Balaban J connectivity index is 1.59. The first-order chi connectivity index (χ1) is 15.9. The minimum Gasteiger partial charge on any atom is -0.372 e. The molecule has 0 aromatic heterocycles. The molecule has 1 fully saturated rings. The Morgan fingerprint density at radius 3 is 2.30 bits per heavy atom. The molecule has 4 rings (SSSR count). The molecule has 1 atom stereocenters. The average Bonchev–Trinajstić information content (AvgIpc) is 3.18. The van der Waals surface area contributed by atoms with Gasteiger partial charge in [-0.1, -0.05) is 54.6 Å². The summed E-state index contributed by atoms with van der Waals surface area (Å²) in [6.45, 7) is 6.55. The lowest BCUT2D eigenvalue weighted by molar-refractivity contribution is -0.133. The van der Waals surface area contributed by atoms with Gasteiger partial charge in [-0.25, -0.2) is 8.42 Å². The Morgan fingerprint density at radius 1 is 0.939 bits per heavy atom. The highest BCUT2D eigenvalue weighted by Crippen LogP contribution is 2.25. The highest BCUT2D eigenvalue weighted by atomic mass is 32.2. The minimum atomic E-state index is -3.10. The maximum Gasteiger partial charge on any atom is 0.227 e. The molecule has 1 amide bonds. The molecule has 0 N–H and O–H groups in total. The second kappa shape index (κ2) is 9.96. The van der Waals surface area contributed by atoms with Crippen molar-refractivity contribution in [1.29, 1.82) is 0 Å². The van der Waals surface area contributed by atoms with Gasteiger partial charge in [-0.3, -0.25) is 4.79 Å². The molecule has 174 valence electrons. The van der Waals surface area contributed by atoms with Gasteiger partial charge in [0.05, 0.1) is 17.9 Å². The zero-order valence-corrected chi connectivity index (χ0v) is 20.2. The maximum absolute atomic E-state index is 13.5. The fourth-order valence-corrected chi connectivity index (χ4v) is 6.48. The molecule has 1 unspecified atom stereocenters. The van der Waals surface area contributed by atoms with Crippen LogP contribution in [0.2, 0.25) is 0 Å². The SMILES string of the molecule is CCN(CC)c1ccc(CN(C(=O)Cc2cccc3ccccc23)C2CCS(=O)(=O)C2)cc1. The standard InChI is InChI=1S/C27H32N2O3S/c1-3-28(4-2)24-14-12-21(13-15-24)19-29(25-16-17-33(31,32)20-25)27(30)18-23-10-7-9-22-8-5-6-11-26(22)23/h5-15,25H,3-4,16-20H2,1-2H3. The number of hydrogen-bond donors (Lipinski definition) is 0. The molecule has 6 heteroatoms. The summed E-state index contributed by atoms with van der Waals surface area (Å²) >= 11 is 0. The first kappa shape index (κ1) is 23.3. The molecule has 0 bridgehead atoms. The van der Waals surface area contributed by atoms with Crippen LogP contribution in [0.5, 0.6) is 0 Å². The molecule has 3 aromatic carbocycles. The average molecular weight is 465 g/mol. The third-order valence-electron chi connectivity index (χ3n) is 6.61. The predicted molar refractivity (Wildman–Crippen MR) is 135 cm³/mol.